The molecule has 8 saturated carbocycles. The number of rotatable bonds is 10. The van der Waals surface area contributed by atoms with Gasteiger partial charge in [0.05, 0.1) is 18.8 Å². The van der Waals surface area contributed by atoms with E-state index >= 15 is 0 Å². The van der Waals surface area contributed by atoms with Gasteiger partial charge in [-0.2, -0.15) is 34.4 Å². The van der Waals surface area contributed by atoms with Crippen LogP contribution in [0.25, 0.3) is 0 Å². The standard InChI is InChI=1S/C13H20F2O5S.C13H18F2O5S/c14-13(15,21(17,18)19)7-20-6-11-9-1-8-2-10(11)5-12(16,3-8)4-9;14-13(15,21(17,18)19)6-20-5-11-8-1-7-2-9(4-8)12(16)10(11)3-7/h8-11,16H,1-7H2,(H,17,18,19);7-11H,1-6H2,(H,17,18,19). The minimum absolute atomic E-state index is 0.0500. The minimum Gasteiger partial charge on any atom is -0.390 e. The van der Waals surface area contributed by atoms with Gasteiger partial charge in [-0.25, -0.2) is 0 Å². The number of aliphatic hydroxyl groups is 1. The fraction of sp³-hybridized carbons (Fsp3) is 0.962. The highest BCUT2D eigenvalue weighted by atomic mass is 32.2. The topological polar surface area (TPSA) is 164 Å². The van der Waals surface area contributed by atoms with Gasteiger partial charge in [0.2, 0.25) is 0 Å². The Morgan fingerprint density at radius 1 is 0.714 bits per heavy atom. The fourth-order valence-corrected chi connectivity index (χ4v) is 9.60. The quantitative estimate of drug-likeness (QED) is 0.236. The molecule has 0 spiro atoms. The number of hydrogen-bond donors (Lipinski definition) is 3. The SMILES string of the molecule is O=C1C2CC3CC(C2)C(COCC(F)(F)S(=O)(=O)O)C1C3.O=S(=O)(O)C(F)(F)COCC1C2CC3CC1CC(O)(C3)C2. The average Bonchev–Trinajstić information content (AvgIpc) is 2.83. The second-order valence-corrected chi connectivity index (χ2v) is 16.6. The first-order valence-electron chi connectivity index (χ1n) is 14.4. The third-order valence-corrected chi connectivity index (χ3v) is 12.4. The lowest BCUT2D eigenvalue weighted by Gasteiger charge is -2.58. The molecule has 0 heterocycles. The summed E-state index contributed by atoms with van der Waals surface area (Å²) in [5.41, 5.74) is -0.592. The number of carbonyl (C=O) groups is 1. The van der Waals surface area contributed by atoms with Gasteiger partial charge in [0.25, 0.3) is 0 Å². The Morgan fingerprint density at radius 3 is 1.71 bits per heavy atom. The van der Waals surface area contributed by atoms with Gasteiger partial charge in [-0.1, -0.05) is 0 Å². The smallest absolute Gasteiger partial charge is 0.390 e. The molecular weight excluding hydrogens is 612 g/mol. The average molecular weight is 651 g/mol. The van der Waals surface area contributed by atoms with E-state index in [0.717, 1.165) is 44.9 Å². The van der Waals surface area contributed by atoms with E-state index in [-0.39, 0.29) is 54.5 Å². The van der Waals surface area contributed by atoms with E-state index in [1.165, 1.54) is 0 Å². The predicted octanol–water partition coefficient (Wildman–Crippen LogP) is 3.41. The predicted molar refractivity (Wildman–Crippen MR) is 138 cm³/mol. The van der Waals surface area contributed by atoms with E-state index < -0.39 is 49.6 Å². The molecule has 3 N–H and O–H groups in total. The Bertz CT molecular complexity index is 1240. The Morgan fingerprint density at radius 2 is 1.21 bits per heavy atom. The summed E-state index contributed by atoms with van der Waals surface area (Å²) in [5, 5.41) is 1.84. The molecule has 0 aromatic rings. The normalized spacial score (nSPS) is 40.7. The van der Waals surface area contributed by atoms with Crippen LogP contribution in [0.4, 0.5) is 17.6 Å². The van der Waals surface area contributed by atoms with E-state index in [1.807, 2.05) is 0 Å². The Hall–Kier alpha value is -0.910. The lowest BCUT2D eigenvalue weighted by molar-refractivity contribution is -0.167. The van der Waals surface area contributed by atoms with Crippen LogP contribution in [0.15, 0.2) is 0 Å². The van der Waals surface area contributed by atoms with Crippen LogP contribution in [-0.2, 0) is 34.5 Å². The van der Waals surface area contributed by atoms with Gasteiger partial charge < -0.3 is 14.6 Å². The van der Waals surface area contributed by atoms with Crippen molar-refractivity contribution in [3.63, 3.8) is 0 Å². The molecule has 0 aliphatic heterocycles. The van der Waals surface area contributed by atoms with Crippen LogP contribution in [-0.4, -0.2) is 79.4 Å². The lowest BCUT2D eigenvalue weighted by Crippen LogP contribution is -2.55. The maximum absolute atomic E-state index is 13.1. The molecule has 0 saturated heterocycles. The van der Waals surface area contributed by atoms with E-state index in [2.05, 4.69) is 0 Å². The van der Waals surface area contributed by atoms with Gasteiger partial charge in [-0.15, -0.1) is 0 Å². The molecule has 16 heteroatoms. The highest BCUT2D eigenvalue weighted by Crippen LogP contribution is 2.58. The Kier molecular flexibility index (Phi) is 8.63. The molecule has 0 aromatic carbocycles. The monoisotopic (exact) mass is 650 g/mol. The molecule has 0 radical (unpaired) electrons. The third kappa shape index (κ3) is 6.41. The number of ether oxygens (including phenoxy) is 2. The zero-order valence-electron chi connectivity index (χ0n) is 22.9. The van der Waals surface area contributed by atoms with Crippen LogP contribution in [0.2, 0.25) is 0 Å². The highest BCUT2D eigenvalue weighted by Gasteiger charge is 2.56. The van der Waals surface area contributed by atoms with Gasteiger partial charge in [-0.05, 0) is 99.2 Å². The van der Waals surface area contributed by atoms with Crippen LogP contribution in [0.5, 0.6) is 0 Å². The Labute approximate surface area is 242 Å². The summed E-state index contributed by atoms with van der Waals surface area (Å²) in [4.78, 5) is 12.2. The van der Waals surface area contributed by atoms with Gasteiger partial charge in [-0.3, -0.25) is 13.9 Å². The van der Waals surface area contributed by atoms with Crippen molar-refractivity contribution in [2.24, 2.45) is 53.3 Å². The van der Waals surface area contributed by atoms with Crippen LogP contribution >= 0.6 is 0 Å². The largest absolute Gasteiger partial charge is 0.392 e. The van der Waals surface area contributed by atoms with Crippen molar-refractivity contribution in [3.05, 3.63) is 0 Å². The molecule has 10 nitrogen and oxygen atoms in total. The summed E-state index contributed by atoms with van der Waals surface area (Å²) < 4.78 is 121. The maximum Gasteiger partial charge on any atom is 0.392 e. The summed E-state index contributed by atoms with van der Waals surface area (Å²) in [6, 6.07) is 0. The minimum atomic E-state index is -5.46. The van der Waals surface area contributed by atoms with Crippen molar-refractivity contribution in [1.29, 1.82) is 0 Å². The first-order chi connectivity index (χ1) is 19.3. The first kappa shape index (κ1) is 32.5. The molecule has 7 unspecified atom stereocenters. The van der Waals surface area contributed by atoms with Crippen molar-refractivity contribution < 1.29 is 62.9 Å². The van der Waals surface area contributed by atoms with Crippen LogP contribution in [0.3, 0.4) is 0 Å². The summed E-state index contributed by atoms with van der Waals surface area (Å²) in [6.45, 7) is -2.69. The number of ketones is 1. The fourth-order valence-electron chi connectivity index (χ4n) is 9.14. The summed E-state index contributed by atoms with van der Waals surface area (Å²) in [7, 11) is -10.9. The maximum atomic E-state index is 13.1. The zero-order valence-corrected chi connectivity index (χ0v) is 24.5. The molecule has 0 amide bonds. The molecule has 8 rings (SSSR count). The van der Waals surface area contributed by atoms with Crippen LogP contribution in [0.1, 0.15) is 57.8 Å². The number of carbonyl (C=O) groups excluding carboxylic acids is 1. The molecule has 7 atom stereocenters. The molecular formula is C26H38F4O10S2. The second kappa shape index (κ2) is 11.2. The molecule has 8 aliphatic rings. The summed E-state index contributed by atoms with van der Waals surface area (Å²) >= 11 is 0. The van der Waals surface area contributed by atoms with Gasteiger partial charge in [0.15, 0.2) is 0 Å². The summed E-state index contributed by atoms with van der Waals surface area (Å²) in [6.07, 6.45) is 7.75. The van der Waals surface area contributed by atoms with Crippen molar-refractivity contribution in [2.45, 2.75) is 73.9 Å². The van der Waals surface area contributed by atoms with E-state index in [0.29, 0.717) is 30.6 Å². The first-order valence-corrected chi connectivity index (χ1v) is 17.3. The van der Waals surface area contributed by atoms with Crippen molar-refractivity contribution in [3.8, 4) is 0 Å². The molecule has 8 bridgehead atoms. The van der Waals surface area contributed by atoms with Gasteiger partial charge in [0, 0.05) is 11.8 Å². The Balaban J connectivity index is 0.000000168. The van der Waals surface area contributed by atoms with Gasteiger partial charge >= 0.3 is 30.7 Å². The van der Waals surface area contributed by atoms with Crippen molar-refractivity contribution >= 4 is 26.0 Å². The van der Waals surface area contributed by atoms with Gasteiger partial charge in [0.1, 0.15) is 19.0 Å². The zero-order chi connectivity index (χ0) is 30.9. The lowest BCUT2D eigenvalue weighted by atomic mass is 9.50. The van der Waals surface area contributed by atoms with Crippen molar-refractivity contribution in [1.82, 2.24) is 0 Å². The molecule has 8 fully saturated rings. The number of halogens is 4. The highest BCUT2D eigenvalue weighted by molar-refractivity contribution is 7.87. The molecule has 242 valence electrons. The van der Waals surface area contributed by atoms with Crippen molar-refractivity contribution in [2.75, 3.05) is 26.4 Å². The molecule has 0 aromatic heterocycles. The van der Waals surface area contributed by atoms with E-state index in [4.69, 9.17) is 18.6 Å². The third-order valence-electron chi connectivity index (χ3n) is 10.7. The van der Waals surface area contributed by atoms with E-state index in [9.17, 15) is 44.3 Å². The van der Waals surface area contributed by atoms with Crippen LogP contribution < -0.4 is 0 Å². The number of alkyl halides is 4. The number of hydrogen-bond acceptors (Lipinski definition) is 8. The molecule has 8 aliphatic carbocycles. The van der Waals surface area contributed by atoms with Crippen LogP contribution in [0, 0.1) is 53.3 Å². The second-order valence-electron chi connectivity index (χ2n) is 13.6. The summed E-state index contributed by atoms with van der Waals surface area (Å²) in [5.74, 6) is 2.14. The molecule has 42 heavy (non-hydrogen) atoms. The number of Topliss-reactive ketones (excluding diaryl/α,β-unsaturated/α-hetero) is 1. The van der Waals surface area contributed by atoms with E-state index in [1.54, 1.807) is 0 Å².